The van der Waals surface area contributed by atoms with E-state index in [0.717, 1.165) is 11.1 Å². The molecule has 0 amide bonds. The minimum atomic E-state index is 0.358. The average Bonchev–Trinajstić information content (AvgIpc) is 2.94. The van der Waals surface area contributed by atoms with Gasteiger partial charge in [0.1, 0.15) is 5.02 Å². The van der Waals surface area contributed by atoms with Gasteiger partial charge in [0.05, 0.1) is 30.6 Å². The largest absolute Gasteiger partial charge is 0.480 e. The number of hydrogen-bond acceptors (Lipinski definition) is 4. The van der Waals surface area contributed by atoms with Crippen molar-refractivity contribution in [3.8, 4) is 17.3 Å². The minimum absolute atomic E-state index is 0.358. The molecule has 3 aromatic rings. The predicted octanol–water partition coefficient (Wildman–Crippen LogP) is 3.48. The Labute approximate surface area is 122 Å². The third-order valence-electron chi connectivity index (χ3n) is 2.57. The number of nitrogens with zero attached hydrogens (tertiary/aromatic N) is 4. The Balaban J connectivity index is 0.000000704. The summed E-state index contributed by atoms with van der Waals surface area (Å²) in [7, 11) is 1.52. The van der Waals surface area contributed by atoms with Crippen LogP contribution in [0.1, 0.15) is 13.8 Å². The summed E-state index contributed by atoms with van der Waals surface area (Å²) < 4.78 is 6.85. The first-order chi connectivity index (χ1) is 9.79. The van der Waals surface area contributed by atoms with Gasteiger partial charge >= 0.3 is 0 Å². The van der Waals surface area contributed by atoms with Gasteiger partial charge in [-0.05, 0) is 12.1 Å². The zero-order valence-electron chi connectivity index (χ0n) is 11.5. The Kier molecular flexibility index (Phi) is 4.53. The number of methoxy groups -OCH3 is 1. The van der Waals surface area contributed by atoms with E-state index in [4.69, 9.17) is 16.3 Å². The molecule has 0 aliphatic carbocycles. The lowest BCUT2D eigenvalue weighted by Gasteiger charge is -2.03. The van der Waals surface area contributed by atoms with E-state index in [2.05, 4.69) is 15.1 Å². The summed E-state index contributed by atoms with van der Waals surface area (Å²) in [6.07, 6.45) is 5.11. The molecule has 3 aromatic heterocycles. The molecule has 0 atom stereocenters. The van der Waals surface area contributed by atoms with Gasteiger partial charge in [-0.25, -0.2) is 9.50 Å². The van der Waals surface area contributed by atoms with Gasteiger partial charge in [-0.2, -0.15) is 10.1 Å². The van der Waals surface area contributed by atoms with Crippen LogP contribution in [0.15, 0.2) is 36.8 Å². The molecule has 0 fully saturated rings. The van der Waals surface area contributed by atoms with Crippen molar-refractivity contribution in [2.75, 3.05) is 7.11 Å². The van der Waals surface area contributed by atoms with Gasteiger partial charge in [-0.15, -0.1) is 0 Å². The number of fused-ring (bicyclic) bond motifs is 1. The van der Waals surface area contributed by atoms with Gasteiger partial charge in [-0.1, -0.05) is 31.5 Å². The fourth-order valence-corrected chi connectivity index (χ4v) is 1.90. The SMILES string of the molecule is CC.COc1nc(-c2cnn3ccccc23)ncc1Cl. The van der Waals surface area contributed by atoms with Crippen LogP contribution < -0.4 is 4.74 Å². The summed E-state index contributed by atoms with van der Waals surface area (Å²) in [6.45, 7) is 4.00. The monoisotopic (exact) mass is 290 g/mol. The maximum atomic E-state index is 5.91. The molecule has 0 saturated heterocycles. The van der Waals surface area contributed by atoms with Crippen molar-refractivity contribution < 1.29 is 4.74 Å². The van der Waals surface area contributed by atoms with E-state index in [1.807, 2.05) is 38.2 Å². The van der Waals surface area contributed by atoms with Gasteiger partial charge in [0.2, 0.25) is 5.88 Å². The Hall–Kier alpha value is -2.14. The second kappa shape index (κ2) is 6.34. The number of halogens is 1. The van der Waals surface area contributed by atoms with Crippen molar-refractivity contribution in [3.63, 3.8) is 0 Å². The van der Waals surface area contributed by atoms with Crippen molar-refractivity contribution in [1.29, 1.82) is 0 Å². The maximum Gasteiger partial charge on any atom is 0.235 e. The van der Waals surface area contributed by atoms with Gasteiger partial charge < -0.3 is 4.74 Å². The molecule has 0 aliphatic heterocycles. The molecule has 5 nitrogen and oxygen atoms in total. The second-order valence-corrected chi connectivity index (χ2v) is 4.05. The van der Waals surface area contributed by atoms with Crippen LogP contribution in [-0.2, 0) is 0 Å². The molecule has 6 heteroatoms. The zero-order valence-corrected chi connectivity index (χ0v) is 12.3. The topological polar surface area (TPSA) is 52.3 Å². The number of rotatable bonds is 2. The van der Waals surface area contributed by atoms with E-state index in [9.17, 15) is 0 Å². The number of ether oxygens (including phenoxy) is 1. The molecular weight excluding hydrogens is 276 g/mol. The number of aromatic nitrogens is 4. The highest BCUT2D eigenvalue weighted by Crippen LogP contribution is 2.26. The zero-order chi connectivity index (χ0) is 14.5. The third kappa shape index (κ3) is 2.58. The van der Waals surface area contributed by atoms with Crippen molar-refractivity contribution in [1.82, 2.24) is 19.6 Å². The van der Waals surface area contributed by atoms with Gasteiger partial charge in [0.25, 0.3) is 0 Å². The summed E-state index contributed by atoms with van der Waals surface area (Å²) in [5.74, 6) is 0.898. The molecule has 0 bridgehead atoms. The second-order valence-electron chi connectivity index (χ2n) is 3.64. The normalized spacial score (nSPS) is 10.0. The quantitative estimate of drug-likeness (QED) is 0.725. The summed E-state index contributed by atoms with van der Waals surface area (Å²) in [4.78, 5) is 8.47. The van der Waals surface area contributed by atoms with Gasteiger partial charge in [0.15, 0.2) is 5.82 Å². The lowest BCUT2D eigenvalue weighted by Crippen LogP contribution is -1.94. The fraction of sp³-hybridized carbons (Fsp3) is 0.214. The van der Waals surface area contributed by atoms with Gasteiger partial charge in [-0.3, -0.25) is 0 Å². The lowest BCUT2D eigenvalue weighted by atomic mass is 10.2. The van der Waals surface area contributed by atoms with Crippen LogP contribution in [0.2, 0.25) is 5.02 Å². The smallest absolute Gasteiger partial charge is 0.235 e. The van der Waals surface area contributed by atoms with Crippen LogP contribution in [-0.4, -0.2) is 26.7 Å². The van der Waals surface area contributed by atoms with Crippen molar-refractivity contribution in [2.24, 2.45) is 0 Å². The summed E-state index contributed by atoms with van der Waals surface area (Å²) in [5.41, 5.74) is 1.77. The van der Waals surface area contributed by atoms with Crippen molar-refractivity contribution in [3.05, 3.63) is 41.8 Å². The van der Waals surface area contributed by atoms with Crippen LogP contribution in [0.3, 0.4) is 0 Å². The fourth-order valence-electron chi connectivity index (χ4n) is 1.73. The molecule has 0 N–H and O–H groups in total. The summed E-state index contributed by atoms with van der Waals surface area (Å²) in [6, 6.07) is 5.80. The first kappa shape index (κ1) is 14.3. The lowest BCUT2D eigenvalue weighted by molar-refractivity contribution is 0.397. The Morgan fingerprint density at radius 1 is 1.20 bits per heavy atom. The maximum absolute atomic E-state index is 5.91. The molecule has 0 aromatic carbocycles. The van der Waals surface area contributed by atoms with Gasteiger partial charge in [0, 0.05) is 6.20 Å². The first-order valence-corrected chi connectivity index (χ1v) is 6.66. The molecule has 0 aliphatic rings. The molecule has 3 rings (SSSR count). The van der Waals surface area contributed by atoms with E-state index in [1.54, 1.807) is 10.7 Å². The van der Waals surface area contributed by atoms with Crippen LogP contribution in [0, 0.1) is 0 Å². The Morgan fingerprint density at radius 2 is 2.00 bits per heavy atom. The van der Waals surface area contributed by atoms with E-state index in [0.29, 0.717) is 16.7 Å². The number of hydrogen-bond donors (Lipinski definition) is 0. The van der Waals surface area contributed by atoms with E-state index >= 15 is 0 Å². The standard InChI is InChI=1S/C12H9ClN4O.C2H6/c1-18-12-9(13)7-14-11(16-12)8-6-15-17-5-3-2-4-10(8)17;1-2/h2-7H,1H3;1-2H3. The van der Waals surface area contributed by atoms with E-state index in [1.165, 1.54) is 13.3 Å². The van der Waals surface area contributed by atoms with Crippen molar-refractivity contribution in [2.45, 2.75) is 13.8 Å². The Bertz CT molecular complexity index is 711. The molecule has 20 heavy (non-hydrogen) atoms. The highest BCUT2D eigenvalue weighted by Gasteiger charge is 2.11. The highest BCUT2D eigenvalue weighted by atomic mass is 35.5. The third-order valence-corrected chi connectivity index (χ3v) is 2.83. The van der Waals surface area contributed by atoms with E-state index in [-0.39, 0.29) is 0 Å². The molecular formula is C14H15ClN4O. The van der Waals surface area contributed by atoms with Crippen molar-refractivity contribution >= 4 is 17.1 Å². The molecule has 3 heterocycles. The predicted molar refractivity (Wildman–Crippen MR) is 79.1 cm³/mol. The molecule has 104 valence electrons. The molecule has 0 radical (unpaired) electrons. The van der Waals surface area contributed by atoms with Crippen LogP contribution in [0.5, 0.6) is 5.88 Å². The van der Waals surface area contributed by atoms with Crippen LogP contribution in [0.4, 0.5) is 0 Å². The van der Waals surface area contributed by atoms with Crippen LogP contribution >= 0.6 is 11.6 Å². The molecule has 0 spiro atoms. The summed E-state index contributed by atoms with van der Waals surface area (Å²) >= 11 is 5.91. The summed E-state index contributed by atoms with van der Waals surface area (Å²) in [5, 5.41) is 4.62. The average molecular weight is 291 g/mol. The molecule has 0 unspecified atom stereocenters. The first-order valence-electron chi connectivity index (χ1n) is 6.29. The van der Waals surface area contributed by atoms with E-state index < -0.39 is 0 Å². The minimum Gasteiger partial charge on any atom is -0.480 e. The number of pyridine rings is 1. The highest BCUT2D eigenvalue weighted by molar-refractivity contribution is 6.31. The Morgan fingerprint density at radius 3 is 2.75 bits per heavy atom. The van der Waals surface area contributed by atoms with Crippen LogP contribution in [0.25, 0.3) is 16.9 Å². The molecule has 0 saturated carbocycles.